The zero-order valence-corrected chi connectivity index (χ0v) is 12.3. The van der Waals surface area contributed by atoms with Gasteiger partial charge in [-0.3, -0.25) is 4.98 Å². The molecule has 2 aromatic carbocycles. The van der Waals surface area contributed by atoms with Crippen molar-refractivity contribution in [2.75, 3.05) is 7.11 Å². The van der Waals surface area contributed by atoms with E-state index in [4.69, 9.17) is 22.1 Å². The van der Waals surface area contributed by atoms with Gasteiger partial charge in [0.15, 0.2) is 0 Å². The van der Waals surface area contributed by atoms with Gasteiger partial charge in [0.2, 0.25) is 0 Å². The molecule has 1 aromatic heterocycles. The Morgan fingerprint density at radius 2 is 1.95 bits per heavy atom. The van der Waals surface area contributed by atoms with Crippen LogP contribution >= 0.6 is 11.6 Å². The van der Waals surface area contributed by atoms with Crippen molar-refractivity contribution in [3.63, 3.8) is 0 Å². The van der Waals surface area contributed by atoms with E-state index in [9.17, 15) is 0 Å². The number of nitrogens with two attached hydrogens (primary N) is 1. The van der Waals surface area contributed by atoms with Crippen LogP contribution in [-0.2, 0) is 0 Å². The monoisotopic (exact) mass is 298 g/mol. The topological polar surface area (TPSA) is 48.1 Å². The maximum Gasteiger partial charge on any atom is 0.137 e. The van der Waals surface area contributed by atoms with Crippen molar-refractivity contribution < 1.29 is 4.74 Å². The van der Waals surface area contributed by atoms with E-state index in [0.29, 0.717) is 10.8 Å². The Balaban J connectivity index is 2.10. The third-order valence-electron chi connectivity index (χ3n) is 3.53. The van der Waals surface area contributed by atoms with Gasteiger partial charge >= 0.3 is 0 Å². The third kappa shape index (κ3) is 2.58. The van der Waals surface area contributed by atoms with Crippen LogP contribution in [0.15, 0.2) is 54.7 Å². The summed E-state index contributed by atoms with van der Waals surface area (Å²) < 4.78 is 5.25. The molecule has 3 rings (SSSR count). The van der Waals surface area contributed by atoms with Crippen molar-refractivity contribution in [2.24, 2.45) is 5.73 Å². The van der Waals surface area contributed by atoms with Gasteiger partial charge in [0, 0.05) is 11.6 Å². The molecule has 3 aromatic rings. The van der Waals surface area contributed by atoms with Crippen molar-refractivity contribution in [1.29, 1.82) is 0 Å². The van der Waals surface area contributed by atoms with Gasteiger partial charge in [-0.05, 0) is 29.1 Å². The Bertz CT molecular complexity index is 783. The minimum Gasteiger partial charge on any atom is -0.495 e. The van der Waals surface area contributed by atoms with Gasteiger partial charge in [-0.1, -0.05) is 41.9 Å². The van der Waals surface area contributed by atoms with Crippen LogP contribution in [0.5, 0.6) is 5.75 Å². The predicted octanol–water partition coefficient (Wildman–Crippen LogP) is 3.94. The van der Waals surface area contributed by atoms with E-state index in [-0.39, 0.29) is 6.04 Å². The number of ether oxygens (including phenoxy) is 1. The van der Waals surface area contributed by atoms with Crippen molar-refractivity contribution in [3.05, 3.63) is 71.0 Å². The lowest BCUT2D eigenvalue weighted by atomic mass is 9.99. The number of halogens is 1. The molecule has 0 amide bonds. The molecule has 3 nitrogen and oxygen atoms in total. The van der Waals surface area contributed by atoms with Gasteiger partial charge in [-0.15, -0.1) is 0 Å². The molecule has 0 radical (unpaired) electrons. The van der Waals surface area contributed by atoms with Crippen LogP contribution in [0, 0.1) is 0 Å². The minimum atomic E-state index is -0.331. The van der Waals surface area contributed by atoms with Gasteiger partial charge < -0.3 is 10.5 Å². The molecule has 106 valence electrons. The maximum atomic E-state index is 6.39. The summed E-state index contributed by atoms with van der Waals surface area (Å²) in [6.45, 7) is 0. The first-order chi connectivity index (χ1) is 10.2. The second kappa shape index (κ2) is 5.72. The summed E-state index contributed by atoms with van der Waals surface area (Å²) in [6, 6.07) is 15.3. The largest absolute Gasteiger partial charge is 0.495 e. The molecule has 0 fully saturated rings. The van der Waals surface area contributed by atoms with Crippen molar-refractivity contribution in [3.8, 4) is 5.75 Å². The van der Waals surface area contributed by atoms with E-state index in [2.05, 4.69) is 11.1 Å². The van der Waals surface area contributed by atoms with Crippen LogP contribution in [0.2, 0.25) is 5.02 Å². The number of aromatic nitrogens is 1. The Labute approximate surface area is 128 Å². The molecular weight excluding hydrogens is 284 g/mol. The number of rotatable bonds is 3. The van der Waals surface area contributed by atoms with Gasteiger partial charge in [-0.2, -0.15) is 0 Å². The molecule has 4 heteroatoms. The first-order valence-electron chi connectivity index (χ1n) is 6.63. The number of nitrogens with zero attached hydrogens (tertiary/aromatic N) is 1. The lowest BCUT2D eigenvalue weighted by Gasteiger charge is -2.15. The molecule has 0 saturated carbocycles. The molecule has 1 unspecified atom stereocenters. The maximum absolute atomic E-state index is 6.39. The van der Waals surface area contributed by atoms with Gasteiger partial charge in [0.05, 0.1) is 23.9 Å². The summed E-state index contributed by atoms with van der Waals surface area (Å²) in [5.41, 5.74) is 8.16. The second-order valence-electron chi connectivity index (χ2n) is 4.79. The van der Waals surface area contributed by atoms with Crippen LogP contribution in [0.25, 0.3) is 10.8 Å². The highest BCUT2D eigenvalue weighted by Crippen LogP contribution is 2.31. The summed E-state index contributed by atoms with van der Waals surface area (Å²) in [5.74, 6) is 0.616. The van der Waals surface area contributed by atoms with E-state index < -0.39 is 0 Å². The zero-order valence-electron chi connectivity index (χ0n) is 11.6. The summed E-state index contributed by atoms with van der Waals surface area (Å²) in [7, 11) is 1.59. The summed E-state index contributed by atoms with van der Waals surface area (Å²) in [4.78, 5) is 4.46. The fourth-order valence-electron chi connectivity index (χ4n) is 2.42. The zero-order chi connectivity index (χ0) is 14.8. The smallest absolute Gasteiger partial charge is 0.137 e. The lowest BCUT2D eigenvalue weighted by molar-refractivity contribution is 0.414. The van der Waals surface area contributed by atoms with Crippen LogP contribution in [0.1, 0.15) is 17.3 Å². The van der Waals surface area contributed by atoms with Crippen LogP contribution < -0.4 is 10.5 Å². The number of fused-ring (bicyclic) bond motifs is 1. The van der Waals surface area contributed by atoms with Crippen molar-refractivity contribution in [2.45, 2.75) is 6.04 Å². The number of hydrogen-bond donors (Lipinski definition) is 1. The van der Waals surface area contributed by atoms with Crippen LogP contribution in [0.3, 0.4) is 0 Å². The lowest BCUT2D eigenvalue weighted by Crippen LogP contribution is -2.14. The predicted molar refractivity (Wildman–Crippen MR) is 85.8 cm³/mol. The fraction of sp³-hybridized carbons (Fsp3) is 0.118. The molecular formula is C17H15ClN2O. The van der Waals surface area contributed by atoms with Crippen molar-refractivity contribution in [1.82, 2.24) is 4.98 Å². The highest BCUT2D eigenvalue weighted by molar-refractivity contribution is 6.32. The number of hydrogen-bond acceptors (Lipinski definition) is 3. The SMILES string of the molecule is COc1cc(C(N)c2nccc3ccccc23)ccc1Cl. The molecule has 0 bridgehead atoms. The van der Waals surface area contributed by atoms with Crippen molar-refractivity contribution >= 4 is 22.4 Å². The quantitative estimate of drug-likeness (QED) is 0.796. The van der Waals surface area contributed by atoms with Gasteiger partial charge in [-0.25, -0.2) is 0 Å². The summed E-state index contributed by atoms with van der Waals surface area (Å²) in [6.07, 6.45) is 1.78. The molecule has 0 aliphatic rings. The highest BCUT2D eigenvalue weighted by Gasteiger charge is 2.15. The van der Waals surface area contributed by atoms with E-state index >= 15 is 0 Å². The van der Waals surface area contributed by atoms with E-state index in [1.54, 1.807) is 19.4 Å². The molecule has 0 spiro atoms. The number of pyridine rings is 1. The molecule has 0 aliphatic heterocycles. The Morgan fingerprint density at radius 3 is 2.76 bits per heavy atom. The normalized spacial score (nSPS) is 12.3. The first-order valence-corrected chi connectivity index (χ1v) is 7.01. The number of benzene rings is 2. The van der Waals surface area contributed by atoms with Gasteiger partial charge in [0.25, 0.3) is 0 Å². The molecule has 0 aliphatic carbocycles. The van der Waals surface area contributed by atoms with Gasteiger partial charge in [0.1, 0.15) is 5.75 Å². The summed E-state index contributed by atoms with van der Waals surface area (Å²) >= 11 is 6.06. The number of methoxy groups -OCH3 is 1. The molecule has 2 N–H and O–H groups in total. The third-order valence-corrected chi connectivity index (χ3v) is 3.85. The Hall–Kier alpha value is -2.10. The second-order valence-corrected chi connectivity index (χ2v) is 5.20. The highest BCUT2D eigenvalue weighted by atomic mass is 35.5. The average Bonchev–Trinajstić information content (AvgIpc) is 2.54. The molecule has 21 heavy (non-hydrogen) atoms. The average molecular weight is 299 g/mol. The van der Waals surface area contributed by atoms with E-state index in [0.717, 1.165) is 22.0 Å². The standard InChI is InChI=1S/C17H15ClN2O/c1-21-15-10-12(6-7-14(15)18)16(19)17-13-5-3-2-4-11(13)8-9-20-17/h2-10,16H,19H2,1H3. The molecule has 1 heterocycles. The summed E-state index contributed by atoms with van der Waals surface area (Å²) in [5, 5.41) is 2.75. The minimum absolute atomic E-state index is 0.331. The Kier molecular flexibility index (Phi) is 3.78. The van der Waals surface area contributed by atoms with Crippen LogP contribution in [0.4, 0.5) is 0 Å². The molecule has 0 saturated heterocycles. The van der Waals surface area contributed by atoms with E-state index in [1.165, 1.54) is 0 Å². The first kappa shape index (κ1) is 13.9. The Morgan fingerprint density at radius 1 is 1.14 bits per heavy atom. The molecule has 1 atom stereocenters. The van der Waals surface area contributed by atoms with E-state index in [1.807, 2.05) is 36.4 Å². The fourth-order valence-corrected chi connectivity index (χ4v) is 2.61. The van der Waals surface area contributed by atoms with Crippen LogP contribution in [-0.4, -0.2) is 12.1 Å².